The van der Waals surface area contributed by atoms with Gasteiger partial charge in [0, 0.05) is 41.3 Å². The number of amides is 2. The highest BCUT2D eigenvalue weighted by Gasteiger charge is 2.39. The van der Waals surface area contributed by atoms with Crippen molar-refractivity contribution in [1.29, 1.82) is 0 Å². The number of carbonyl (C=O) groups is 2. The van der Waals surface area contributed by atoms with Gasteiger partial charge in [0.1, 0.15) is 18.4 Å². The second kappa shape index (κ2) is 9.56. The number of benzene rings is 2. The molecule has 4 heterocycles. The van der Waals surface area contributed by atoms with Gasteiger partial charge in [-0.1, -0.05) is 36.9 Å². The van der Waals surface area contributed by atoms with Crippen molar-refractivity contribution in [2.24, 2.45) is 0 Å². The van der Waals surface area contributed by atoms with Crippen LogP contribution in [0.25, 0.3) is 0 Å². The number of carbonyl (C=O) groups excluding carboxylic acids is 2. The fraction of sp³-hybridized carbons (Fsp3) is 0.310. The van der Waals surface area contributed by atoms with E-state index in [-0.39, 0.29) is 11.8 Å². The van der Waals surface area contributed by atoms with E-state index >= 15 is 0 Å². The maximum atomic E-state index is 13.1. The number of fused-ring (bicyclic) bond motifs is 2. The van der Waals surface area contributed by atoms with Crippen molar-refractivity contribution in [2.45, 2.75) is 51.5 Å². The summed E-state index contributed by atoms with van der Waals surface area (Å²) in [5.41, 5.74) is 6.08. The van der Waals surface area contributed by atoms with Crippen molar-refractivity contribution < 1.29 is 14.3 Å². The van der Waals surface area contributed by atoms with Crippen LogP contribution in [0.15, 0.2) is 66.2 Å². The van der Waals surface area contributed by atoms with Gasteiger partial charge in [0.25, 0.3) is 5.91 Å². The van der Waals surface area contributed by atoms with Gasteiger partial charge in [-0.15, -0.1) is 11.3 Å². The van der Waals surface area contributed by atoms with Gasteiger partial charge in [-0.05, 0) is 59.5 Å². The first-order valence-electron chi connectivity index (χ1n) is 12.4. The van der Waals surface area contributed by atoms with E-state index in [9.17, 15) is 9.59 Å². The van der Waals surface area contributed by atoms with Crippen LogP contribution in [-0.2, 0) is 37.5 Å². The summed E-state index contributed by atoms with van der Waals surface area (Å²) in [5.74, 6) is 0.434. The number of hydrogen-bond acceptors (Lipinski definition) is 5. The molecular formula is C29H29N3O3S. The van der Waals surface area contributed by atoms with E-state index in [1.54, 1.807) is 4.90 Å². The van der Waals surface area contributed by atoms with Crippen LogP contribution in [0.2, 0.25) is 0 Å². The maximum Gasteiger partial charge on any atom is 0.255 e. The molecule has 1 saturated heterocycles. The lowest BCUT2D eigenvalue weighted by molar-refractivity contribution is -0.126. The van der Waals surface area contributed by atoms with Gasteiger partial charge in [-0.2, -0.15) is 0 Å². The fourth-order valence-electron chi connectivity index (χ4n) is 5.36. The van der Waals surface area contributed by atoms with Crippen LogP contribution in [0.3, 0.4) is 0 Å². The summed E-state index contributed by atoms with van der Waals surface area (Å²) >= 11 is 1.86. The Hall–Kier alpha value is -3.42. The number of thiophene rings is 1. The van der Waals surface area contributed by atoms with Crippen LogP contribution in [0.4, 0.5) is 0 Å². The highest BCUT2D eigenvalue weighted by Crippen LogP contribution is 2.34. The molecule has 1 N–H and O–H groups in total. The third-order valence-corrected chi connectivity index (χ3v) is 8.32. The van der Waals surface area contributed by atoms with E-state index in [2.05, 4.69) is 52.5 Å². The first-order chi connectivity index (χ1) is 17.5. The molecule has 2 aromatic carbocycles. The van der Waals surface area contributed by atoms with Crippen molar-refractivity contribution in [3.05, 3.63) is 98.9 Å². The van der Waals surface area contributed by atoms with Gasteiger partial charge in [0.2, 0.25) is 5.91 Å². The number of ether oxygens (including phenoxy) is 1. The van der Waals surface area contributed by atoms with Gasteiger partial charge in [0.15, 0.2) is 0 Å². The fourth-order valence-corrected chi connectivity index (χ4v) is 6.33. The van der Waals surface area contributed by atoms with Crippen LogP contribution >= 0.6 is 11.3 Å². The summed E-state index contributed by atoms with van der Waals surface area (Å²) in [5, 5.41) is 4.98. The summed E-state index contributed by atoms with van der Waals surface area (Å²) < 4.78 is 6.18. The Kier molecular flexibility index (Phi) is 6.11. The molecule has 1 unspecified atom stereocenters. The smallest absolute Gasteiger partial charge is 0.255 e. The third-order valence-electron chi connectivity index (χ3n) is 7.38. The molecule has 0 saturated carbocycles. The number of nitrogens with zero attached hydrogens (tertiary/aromatic N) is 2. The zero-order chi connectivity index (χ0) is 24.6. The second-order valence-electron chi connectivity index (χ2n) is 9.80. The molecule has 0 aliphatic carbocycles. The minimum absolute atomic E-state index is 0.111. The summed E-state index contributed by atoms with van der Waals surface area (Å²) in [6.45, 7) is 7.73. The highest BCUT2D eigenvalue weighted by molar-refractivity contribution is 7.10. The Labute approximate surface area is 215 Å². The lowest BCUT2D eigenvalue weighted by atomic mass is 10.0. The van der Waals surface area contributed by atoms with E-state index in [1.807, 2.05) is 29.5 Å². The number of hydrogen-bond donors (Lipinski definition) is 1. The topological polar surface area (TPSA) is 61.9 Å². The SMILES string of the molecule is C=C1CCC(N2Cc3c(OCc4ccc(CN5CCc6ccsc6C5)cc4)cccc3C2=O)C(=O)N1. The average molecular weight is 500 g/mol. The Bertz CT molecular complexity index is 1330. The zero-order valence-electron chi connectivity index (χ0n) is 20.2. The van der Waals surface area contributed by atoms with Crippen LogP contribution < -0.4 is 10.1 Å². The summed E-state index contributed by atoms with van der Waals surface area (Å²) in [6.07, 6.45) is 2.41. The molecule has 184 valence electrons. The van der Waals surface area contributed by atoms with E-state index < -0.39 is 6.04 Å². The summed E-state index contributed by atoms with van der Waals surface area (Å²) in [4.78, 5) is 31.2. The Morgan fingerprint density at radius 3 is 2.69 bits per heavy atom. The van der Waals surface area contributed by atoms with Gasteiger partial charge in [-0.3, -0.25) is 14.5 Å². The number of rotatable bonds is 6. The van der Waals surface area contributed by atoms with Gasteiger partial charge >= 0.3 is 0 Å². The molecule has 0 bridgehead atoms. The molecule has 3 aromatic rings. The molecule has 1 fully saturated rings. The maximum absolute atomic E-state index is 13.1. The molecule has 6 nitrogen and oxygen atoms in total. The quantitative estimate of drug-likeness (QED) is 0.537. The zero-order valence-corrected chi connectivity index (χ0v) is 21.0. The van der Waals surface area contributed by atoms with Crippen molar-refractivity contribution in [3.63, 3.8) is 0 Å². The van der Waals surface area contributed by atoms with Gasteiger partial charge in [-0.25, -0.2) is 0 Å². The molecule has 1 atom stereocenters. The summed E-state index contributed by atoms with van der Waals surface area (Å²) in [7, 11) is 0. The molecule has 2 amide bonds. The Morgan fingerprint density at radius 2 is 1.86 bits per heavy atom. The normalized spacial score (nSPS) is 19.7. The van der Waals surface area contributed by atoms with Gasteiger partial charge in [0.05, 0.1) is 6.54 Å². The average Bonchev–Trinajstić information content (AvgIpc) is 3.48. The van der Waals surface area contributed by atoms with Crippen molar-refractivity contribution in [1.82, 2.24) is 15.1 Å². The van der Waals surface area contributed by atoms with Crippen molar-refractivity contribution >= 4 is 23.2 Å². The lowest BCUT2D eigenvalue weighted by Gasteiger charge is -2.31. The molecule has 6 rings (SSSR count). The molecule has 0 radical (unpaired) electrons. The monoisotopic (exact) mass is 499 g/mol. The Balaban J connectivity index is 1.09. The minimum Gasteiger partial charge on any atom is -0.489 e. The third kappa shape index (κ3) is 4.45. The largest absolute Gasteiger partial charge is 0.489 e. The summed E-state index contributed by atoms with van der Waals surface area (Å²) in [6, 6.07) is 16.0. The van der Waals surface area contributed by atoms with Gasteiger partial charge < -0.3 is 15.0 Å². The van der Waals surface area contributed by atoms with Crippen molar-refractivity contribution in [2.75, 3.05) is 6.54 Å². The minimum atomic E-state index is -0.470. The number of piperidine rings is 1. The lowest BCUT2D eigenvalue weighted by Crippen LogP contribution is -2.49. The van der Waals surface area contributed by atoms with Crippen molar-refractivity contribution in [3.8, 4) is 5.75 Å². The van der Waals surface area contributed by atoms with Crippen LogP contribution in [0.5, 0.6) is 5.75 Å². The second-order valence-corrected chi connectivity index (χ2v) is 10.8. The first kappa shape index (κ1) is 23.0. The molecule has 36 heavy (non-hydrogen) atoms. The molecule has 0 spiro atoms. The van der Waals surface area contributed by atoms with E-state index in [0.29, 0.717) is 43.0 Å². The molecule has 3 aliphatic heterocycles. The molecular weight excluding hydrogens is 470 g/mol. The standard InChI is InChI=1S/C29H29N3O3S/c1-19-5-10-25(28(33)30-19)32-16-24-23(29(32)34)3-2-4-26(24)35-18-21-8-6-20(7-9-21)15-31-13-11-22-12-14-36-27(22)17-31/h2-4,6-9,12,14,25H,1,5,10-11,13,15-18H2,(H,30,33). The molecule has 7 heteroatoms. The van der Waals surface area contributed by atoms with E-state index in [0.717, 1.165) is 37.2 Å². The first-order valence-corrected chi connectivity index (χ1v) is 13.3. The van der Waals surface area contributed by atoms with E-state index in [4.69, 9.17) is 4.74 Å². The predicted molar refractivity (Wildman–Crippen MR) is 140 cm³/mol. The number of nitrogens with one attached hydrogen (secondary N) is 1. The predicted octanol–water partition coefficient (Wildman–Crippen LogP) is 4.63. The number of allylic oxidation sites excluding steroid dienone is 1. The molecule has 3 aliphatic rings. The van der Waals surface area contributed by atoms with Crippen LogP contribution in [-0.4, -0.2) is 34.2 Å². The van der Waals surface area contributed by atoms with E-state index in [1.165, 1.54) is 16.0 Å². The van der Waals surface area contributed by atoms with Crippen LogP contribution in [0, 0.1) is 0 Å². The highest BCUT2D eigenvalue weighted by atomic mass is 32.1. The Morgan fingerprint density at radius 1 is 1.03 bits per heavy atom. The van der Waals surface area contributed by atoms with Crippen LogP contribution in [0.1, 0.15) is 50.3 Å². The molecule has 1 aromatic heterocycles.